The molecule has 2 aliphatic heterocycles. The fraction of sp³-hybridized carbons (Fsp3) is 0.607. The Bertz CT molecular complexity index is 1390. The number of aryl methyl sites for hydroxylation is 1. The molecule has 0 bridgehead atoms. The number of aliphatic hydroxyl groups is 2. The standard InChI is InChI=1S/C28H35F3N4O5S/c1-15-12-39-33-23(15)26(28(37)7-5-4-6-8-28)41-14-20(36)24(25-21(41)13-38-27(2,3)40-25)35-11-19(32-34-35)16-9-17(29)22(31)18(30)10-16/h9-12,20-21,24-26,36-37,41H,4-8,13-14H2,1-3H3/t20-,21+,24+,25-,26+/m0/s1. The maximum atomic E-state index is 13.9. The van der Waals surface area contributed by atoms with Crippen LogP contribution in [0.5, 0.6) is 0 Å². The average Bonchev–Trinajstić information content (AvgIpc) is 3.56. The maximum Gasteiger partial charge on any atom is 0.194 e. The molecule has 1 unspecified atom stereocenters. The van der Waals surface area contributed by atoms with Crippen molar-refractivity contribution in [2.75, 3.05) is 12.4 Å². The molecule has 13 heteroatoms. The van der Waals surface area contributed by atoms with Gasteiger partial charge >= 0.3 is 0 Å². The van der Waals surface area contributed by atoms with Crippen LogP contribution in [0.15, 0.2) is 29.1 Å². The molecule has 1 saturated carbocycles. The number of aromatic nitrogens is 4. The van der Waals surface area contributed by atoms with Crippen LogP contribution in [-0.2, 0) is 9.47 Å². The van der Waals surface area contributed by atoms with Gasteiger partial charge in [0, 0.05) is 22.1 Å². The molecule has 9 nitrogen and oxygen atoms in total. The summed E-state index contributed by atoms with van der Waals surface area (Å²) < 4.78 is 60.8. The number of rotatable bonds is 5. The lowest BCUT2D eigenvalue weighted by Gasteiger charge is -2.56. The van der Waals surface area contributed by atoms with E-state index in [1.54, 1.807) is 20.1 Å². The van der Waals surface area contributed by atoms with Gasteiger partial charge in [0.25, 0.3) is 0 Å². The number of nitrogens with zero attached hydrogens (tertiary/aromatic N) is 4. The first-order valence-electron chi connectivity index (χ1n) is 13.9. The molecule has 224 valence electrons. The number of benzene rings is 1. The lowest BCUT2D eigenvalue weighted by Crippen LogP contribution is -2.59. The van der Waals surface area contributed by atoms with Gasteiger partial charge in [-0.1, -0.05) is 29.6 Å². The van der Waals surface area contributed by atoms with Crippen LogP contribution < -0.4 is 0 Å². The van der Waals surface area contributed by atoms with Crippen molar-refractivity contribution in [3.05, 3.63) is 53.3 Å². The molecule has 1 aromatic carbocycles. The number of ether oxygens (including phenoxy) is 2. The van der Waals surface area contributed by atoms with Gasteiger partial charge in [-0.25, -0.2) is 28.7 Å². The molecule has 2 N–H and O–H groups in total. The summed E-state index contributed by atoms with van der Waals surface area (Å²) in [5.74, 6) is -4.83. The molecule has 0 amide bonds. The van der Waals surface area contributed by atoms with Crippen molar-refractivity contribution in [1.82, 2.24) is 20.2 Å². The number of aliphatic hydroxyl groups excluding tert-OH is 1. The monoisotopic (exact) mass is 596 g/mol. The van der Waals surface area contributed by atoms with Gasteiger partial charge in [0.05, 0.1) is 35.9 Å². The molecule has 3 aliphatic rings. The van der Waals surface area contributed by atoms with Crippen LogP contribution in [0, 0.1) is 24.4 Å². The van der Waals surface area contributed by atoms with Crippen LogP contribution in [-0.4, -0.2) is 71.6 Å². The summed E-state index contributed by atoms with van der Waals surface area (Å²) in [6, 6.07) is 1.02. The molecule has 2 aromatic heterocycles. The largest absolute Gasteiger partial charge is 0.390 e. The first kappa shape index (κ1) is 28.7. The van der Waals surface area contributed by atoms with E-state index in [4.69, 9.17) is 14.0 Å². The van der Waals surface area contributed by atoms with E-state index in [0.29, 0.717) is 30.9 Å². The number of fused-ring (bicyclic) bond motifs is 1. The molecule has 4 heterocycles. The second-order valence-electron chi connectivity index (χ2n) is 11.9. The molecular weight excluding hydrogens is 561 g/mol. The van der Waals surface area contributed by atoms with E-state index in [9.17, 15) is 23.4 Å². The summed E-state index contributed by atoms with van der Waals surface area (Å²) in [6.45, 7) is 5.85. The minimum absolute atomic E-state index is 0.0195. The molecule has 6 atom stereocenters. The third-order valence-electron chi connectivity index (χ3n) is 8.65. The molecule has 3 aromatic rings. The molecule has 3 fully saturated rings. The SMILES string of the molecule is Cc1conc1[C@@H]([SH]1C[C@H](O)[C@@H](n2cc(-c3cc(F)c(F)c(F)c3)nn2)[C@H]2OC(C)(C)OC[C@H]21)C1(O)CCCCC1. The van der Waals surface area contributed by atoms with Crippen molar-refractivity contribution in [2.24, 2.45) is 0 Å². The lowest BCUT2D eigenvalue weighted by atomic mass is 9.81. The minimum Gasteiger partial charge on any atom is -0.390 e. The van der Waals surface area contributed by atoms with Crippen LogP contribution in [0.1, 0.15) is 68.5 Å². The fourth-order valence-corrected chi connectivity index (χ4v) is 10.5. The highest BCUT2D eigenvalue weighted by atomic mass is 32.2. The highest BCUT2D eigenvalue weighted by Crippen LogP contribution is 2.61. The molecule has 0 radical (unpaired) electrons. The smallest absolute Gasteiger partial charge is 0.194 e. The van der Waals surface area contributed by atoms with Crippen LogP contribution in [0.4, 0.5) is 13.2 Å². The van der Waals surface area contributed by atoms with Crippen molar-refractivity contribution in [1.29, 1.82) is 0 Å². The van der Waals surface area contributed by atoms with Crippen molar-refractivity contribution in [2.45, 2.75) is 93.0 Å². The summed E-state index contributed by atoms with van der Waals surface area (Å²) in [4.78, 5) is 0. The topological polar surface area (TPSA) is 116 Å². The molecule has 0 spiro atoms. The second-order valence-corrected chi connectivity index (χ2v) is 14.5. The van der Waals surface area contributed by atoms with E-state index < -0.39 is 58.0 Å². The Balaban J connectivity index is 1.39. The lowest BCUT2D eigenvalue weighted by molar-refractivity contribution is -0.283. The van der Waals surface area contributed by atoms with Gasteiger partial charge in [-0.3, -0.25) is 0 Å². The van der Waals surface area contributed by atoms with Gasteiger partial charge in [-0.15, -0.1) is 5.10 Å². The van der Waals surface area contributed by atoms with Crippen LogP contribution in [0.25, 0.3) is 11.3 Å². The van der Waals surface area contributed by atoms with Crippen LogP contribution in [0.3, 0.4) is 0 Å². The first-order chi connectivity index (χ1) is 19.5. The number of halogens is 3. The zero-order valence-corrected chi connectivity index (χ0v) is 24.0. The molecular formula is C28H35F3N4O5S. The highest BCUT2D eigenvalue weighted by Gasteiger charge is 2.56. The van der Waals surface area contributed by atoms with Crippen molar-refractivity contribution in [3.8, 4) is 11.3 Å². The predicted molar refractivity (Wildman–Crippen MR) is 145 cm³/mol. The Morgan fingerprint density at radius 3 is 2.49 bits per heavy atom. The summed E-state index contributed by atoms with van der Waals surface area (Å²) in [5.41, 5.74) is 0.692. The van der Waals surface area contributed by atoms with E-state index >= 15 is 0 Å². The van der Waals surface area contributed by atoms with Crippen molar-refractivity contribution < 1.29 is 37.4 Å². The third kappa shape index (κ3) is 5.20. The number of hydrogen-bond donors (Lipinski definition) is 3. The van der Waals surface area contributed by atoms with Crippen molar-refractivity contribution >= 4 is 10.9 Å². The summed E-state index contributed by atoms with van der Waals surface area (Å²) in [7, 11) is -1.15. The van der Waals surface area contributed by atoms with E-state index in [2.05, 4.69) is 15.5 Å². The molecule has 2 saturated heterocycles. The molecule has 41 heavy (non-hydrogen) atoms. The van der Waals surface area contributed by atoms with E-state index in [1.165, 1.54) is 10.9 Å². The van der Waals surface area contributed by atoms with E-state index in [0.717, 1.165) is 37.0 Å². The van der Waals surface area contributed by atoms with E-state index in [-0.39, 0.29) is 21.8 Å². The number of thiol groups is 1. The van der Waals surface area contributed by atoms with Gasteiger partial charge in [0.1, 0.15) is 23.7 Å². The Hall–Kier alpha value is -2.45. The zero-order chi connectivity index (χ0) is 29.1. The molecule has 1 aliphatic carbocycles. The Kier molecular flexibility index (Phi) is 7.46. The summed E-state index contributed by atoms with van der Waals surface area (Å²) in [5, 5.41) is 35.9. The first-order valence-corrected chi connectivity index (χ1v) is 15.6. The average molecular weight is 597 g/mol. The minimum atomic E-state index is -1.56. The quantitative estimate of drug-likeness (QED) is 0.291. The highest BCUT2D eigenvalue weighted by molar-refractivity contribution is 8.18. The Labute approximate surface area is 238 Å². The van der Waals surface area contributed by atoms with Crippen molar-refractivity contribution in [3.63, 3.8) is 0 Å². The summed E-state index contributed by atoms with van der Waals surface area (Å²) in [6.07, 6.45) is 5.65. The normalized spacial score (nSPS) is 31.0. The Morgan fingerprint density at radius 1 is 1.12 bits per heavy atom. The Morgan fingerprint density at radius 2 is 1.83 bits per heavy atom. The van der Waals surface area contributed by atoms with Gasteiger partial charge < -0.3 is 24.2 Å². The number of hydrogen-bond acceptors (Lipinski definition) is 8. The van der Waals surface area contributed by atoms with Gasteiger partial charge in [-0.05, 0) is 45.7 Å². The fourth-order valence-electron chi connectivity index (χ4n) is 6.68. The second kappa shape index (κ2) is 10.7. The predicted octanol–water partition coefficient (Wildman–Crippen LogP) is 4.53. The zero-order valence-electron chi connectivity index (χ0n) is 23.1. The third-order valence-corrected chi connectivity index (χ3v) is 12.1. The van der Waals surface area contributed by atoms with Gasteiger partial charge in [0.2, 0.25) is 0 Å². The van der Waals surface area contributed by atoms with Crippen LogP contribution >= 0.6 is 10.9 Å². The summed E-state index contributed by atoms with van der Waals surface area (Å²) >= 11 is 0. The maximum absolute atomic E-state index is 13.9. The van der Waals surface area contributed by atoms with Gasteiger partial charge in [0.15, 0.2) is 23.2 Å². The van der Waals surface area contributed by atoms with Gasteiger partial charge in [-0.2, -0.15) is 0 Å². The molecule has 6 rings (SSSR count). The van der Waals surface area contributed by atoms with E-state index in [1.807, 2.05) is 6.92 Å². The van der Waals surface area contributed by atoms with Crippen LogP contribution in [0.2, 0.25) is 0 Å².